The molecule has 0 saturated heterocycles. The lowest BCUT2D eigenvalue weighted by atomic mass is 10.2. The van der Waals surface area contributed by atoms with Crippen LogP contribution in [0.3, 0.4) is 0 Å². The molecule has 0 radical (unpaired) electrons. The molecule has 2 aromatic heterocycles. The van der Waals surface area contributed by atoms with E-state index in [0.717, 1.165) is 34.2 Å². The van der Waals surface area contributed by atoms with Crippen molar-refractivity contribution >= 4 is 45.8 Å². The second-order valence-electron chi connectivity index (χ2n) is 6.96. The Hall–Kier alpha value is -3.06. The standard InChI is InChI=1S/C22H24N6S/c1-15-19-10-9-18(13-20(19)26-28(15)3)27(2)21-11-12-23-22(25-21)24-17-7-5-16(6-8-17)14-29-4/h5-13H,14H2,1-4H3,(H,23,24,25). The van der Waals surface area contributed by atoms with E-state index in [9.17, 15) is 0 Å². The van der Waals surface area contributed by atoms with Crippen molar-refractivity contribution in [3.8, 4) is 0 Å². The van der Waals surface area contributed by atoms with Crippen LogP contribution in [0.1, 0.15) is 11.3 Å². The topological polar surface area (TPSA) is 58.9 Å². The van der Waals surface area contributed by atoms with Gasteiger partial charge in [0.05, 0.1) is 5.52 Å². The molecule has 4 aromatic rings. The van der Waals surface area contributed by atoms with Gasteiger partial charge in [0, 0.05) is 48.5 Å². The number of anilines is 4. The first-order valence-electron chi connectivity index (χ1n) is 9.40. The Morgan fingerprint density at radius 3 is 2.66 bits per heavy atom. The zero-order chi connectivity index (χ0) is 20.4. The van der Waals surface area contributed by atoms with E-state index in [2.05, 4.69) is 76.0 Å². The summed E-state index contributed by atoms with van der Waals surface area (Å²) in [5.74, 6) is 2.40. The van der Waals surface area contributed by atoms with Crippen molar-refractivity contribution in [1.29, 1.82) is 0 Å². The minimum absolute atomic E-state index is 0.571. The summed E-state index contributed by atoms with van der Waals surface area (Å²) in [6.07, 6.45) is 3.88. The molecule has 0 aliphatic rings. The van der Waals surface area contributed by atoms with Crippen molar-refractivity contribution in [3.63, 3.8) is 0 Å². The first-order chi connectivity index (χ1) is 14.0. The molecule has 4 rings (SSSR count). The van der Waals surface area contributed by atoms with Crippen LogP contribution in [0.25, 0.3) is 10.9 Å². The summed E-state index contributed by atoms with van der Waals surface area (Å²) in [5.41, 5.74) is 5.44. The van der Waals surface area contributed by atoms with Crippen molar-refractivity contribution in [1.82, 2.24) is 19.7 Å². The zero-order valence-corrected chi connectivity index (χ0v) is 17.9. The highest BCUT2D eigenvalue weighted by Gasteiger charge is 2.11. The molecule has 29 heavy (non-hydrogen) atoms. The van der Waals surface area contributed by atoms with Crippen LogP contribution in [-0.2, 0) is 12.8 Å². The monoisotopic (exact) mass is 404 g/mol. The maximum absolute atomic E-state index is 4.68. The van der Waals surface area contributed by atoms with Crippen LogP contribution in [0.15, 0.2) is 54.7 Å². The van der Waals surface area contributed by atoms with E-state index < -0.39 is 0 Å². The average Bonchev–Trinajstić information content (AvgIpc) is 3.02. The molecule has 0 fully saturated rings. The number of aryl methyl sites for hydroxylation is 2. The molecule has 0 atom stereocenters. The SMILES string of the molecule is CSCc1ccc(Nc2nccc(N(C)c3ccc4c(C)n(C)nc4c3)n2)cc1. The number of nitrogens with one attached hydrogen (secondary N) is 1. The highest BCUT2D eigenvalue weighted by molar-refractivity contribution is 7.97. The van der Waals surface area contributed by atoms with Gasteiger partial charge in [0.1, 0.15) is 5.82 Å². The maximum Gasteiger partial charge on any atom is 0.229 e. The normalized spacial score (nSPS) is 11.0. The molecule has 6 nitrogen and oxygen atoms in total. The number of aromatic nitrogens is 4. The molecule has 0 bridgehead atoms. The number of thioether (sulfide) groups is 1. The lowest BCUT2D eigenvalue weighted by Gasteiger charge is -2.19. The van der Waals surface area contributed by atoms with E-state index in [1.54, 1.807) is 6.20 Å². The van der Waals surface area contributed by atoms with Crippen LogP contribution in [0, 0.1) is 6.92 Å². The number of hydrogen-bond acceptors (Lipinski definition) is 6. The highest BCUT2D eigenvalue weighted by Crippen LogP contribution is 2.27. The molecule has 0 aliphatic carbocycles. The van der Waals surface area contributed by atoms with Crippen LogP contribution < -0.4 is 10.2 Å². The molecule has 0 aliphatic heterocycles. The van der Waals surface area contributed by atoms with Crippen molar-refractivity contribution in [2.75, 3.05) is 23.5 Å². The highest BCUT2D eigenvalue weighted by atomic mass is 32.2. The minimum Gasteiger partial charge on any atom is -0.329 e. The lowest BCUT2D eigenvalue weighted by Crippen LogP contribution is -2.12. The van der Waals surface area contributed by atoms with Crippen molar-refractivity contribution in [2.24, 2.45) is 7.05 Å². The molecular weight excluding hydrogens is 380 g/mol. The molecule has 0 saturated carbocycles. The summed E-state index contributed by atoms with van der Waals surface area (Å²) in [7, 11) is 3.97. The van der Waals surface area contributed by atoms with E-state index in [0.29, 0.717) is 5.95 Å². The Morgan fingerprint density at radius 2 is 1.90 bits per heavy atom. The zero-order valence-electron chi connectivity index (χ0n) is 17.0. The molecular formula is C22H24N6S. The fraction of sp³-hybridized carbons (Fsp3) is 0.227. The van der Waals surface area contributed by atoms with Gasteiger partial charge in [-0.2, -0.15) is 21.8 Å². The van der Waals surface area contributed by atoms with Crippen molar-refractivity contribution in [3.05, 3.63) is 66.0 Å². The summed E-state index contributed by atoms with van der Waals surface area (Å²) < 4.78 is 1.91. The van der Waals surface area contributed by atoms with Gasteiger partial charge in [-0.3, -0.25) is 4.68 Å². The molecule has 148 valence electrons. The van der Waals surface area contributed by atoms with E-state index in [-0.39, 0.29) is 0 Å². The van der Waals surface area contributed by atoms with Gasteiger partial charge in [-0.25, -0.2) is 4.98 Å². The minimum atomic E-state index is 0.571. The predicted octanol–water partition coefficient (Wildman–Crippen LogP) is 5.05. The summed E-state index contributed by atoms with van der Waals surface area (Å²) in [6, 6.07) is 16.6. The van der Waals surface area contributed by atoms with E-state index in [1.165, 1.54) is 10.9 Å². The second kappa shape index (κ2) is 8.13. The first-order valence-corrected chi connectivity index (χ1v) is 10.8. The molecule has 0 unspecified atom stereocenters. The molecule has 2 aromatic carbocycles. The Kier molecular flexibility index (Phi) is 5.40. The van der Waals surface area contributed by atoms with Crippen LogP contribution >= 0.6 is 11.8 Å². The average molecular weight is 405 g/mol. The van der Waals surface area contributed by atoms with Crippen LogP contribution in [-0.4, -0.2) is 33.1 Å². The summed E-state index contributed by atoms with van der Waals surface area (Å²) in [4.78, 5) is 11.1. The predicted molar refractivity (Wildman–Crippen MR) is 122 cm³/mol. The van der Waals surface area contributed by atoms with Crippen LogP contribution in [0.4, 0.5) is 23.1 Å². The Balaban J connectivity index is 1.56. The number of fused-ring (bicyclic) bond motifs is 1. The van der Waals surface area contributed by atoms with Gasteiger partial charge in [-0.15, -0.1) is 0 Å². The van der Waals surface area contributed by atoms with Crippen molar-refractivity contribution in [2.45, 2.75) is 12.7 Å². The van der Waals surface area contributed by atoms with Gasteiger partial charge in [0.2, 0.25) is 5.95 Å². The first kappa shape index (κ1) is 19.3. The van der Waals surface area contributed by atoms with Crippen LogP contribution in [0.2, 0.25) is 0 Å². The summed E-state index contributed by atoms with van der Waals surface area (Å²) in [5, 5.41) is 9.04. The van der Waals surface area contributed by atoms with Gasteiger partial charge < -0.3 is 10.2 Å². The summed E-state index contributed by atoms with van der Waals surface area (Å²) in [6.45, 7) is 2.08. The lowest BCUT2D eigenvalue weighted by molar-refractivity contribution is 0.751. The van der Waals surface area contributed by atoms with Gasteiger partial charge in [-0.1, -0.05) is 12.1 Å². The van der Waals surface area contributed by atoms with Gasteiger partial charge in [-0.05, 0) is 55.1 Å². The number of rotatable bonds is 6. The Bertz CT molecular complexity index is 1140. The van der Waals surface area contributed by atoms with E-state index in [1.807, 2.05) is 41.5 Å². The smallest absolute Gasteiger partial charge is 0.229 e. The number of hydrogen-bond donors (Lipinski definition) is 1. The van der Waals surface area contributed by atoms with Gasteiger partial charge in [0.25, 0.3) is 0 Å². The fourth-order valence-corrected chi connectivity index (χ4v) is 3.76. The van der Waals surface area contributed by atoms with E-state index in [4.69, 9.17) is 0 Å². The van der Waals surface area contributed by atoms with Crippen LogP contribution in [0.5, 0.6) is 0 Å². The second-order valence-corrected chi connectivity index (χ2v) is 7.83. The van der Waals surface area contributed by atoms with Gasteiger partial charge >= 0.3 is 0 Å². The third-order valence-electron chi connectivity index (χ3n) is 5.01. The molecule has 7 heteroatoms. The Labute approximate surface area is 175 Å². The molecule has 1 N–H and O–H groups in total. The number of nitrogens with zero attached hydrogens (tertiary/aromatic N) is 5. The van der Waals surface area contributed by atoms with Gasteiger partial charge in [0.15, 0.2) is 0 Å². The molecule has 0 spiro atoms. The quantitative estimate of drug-likeness (QED) is 0.485. The fourth-order valence-electron chi connectivity index (χ4n) is 3.24. The Morgan fingerprint density at radius 1 is 1.10 bits per heavy atom. The summed E-state index contributed by atoms with van der Waals surface area (Å²) >= 11 is 1.81. The third kappa shape index (κ3) is 4.05. The molecule has 0 amide bonds. The largest absolute Gasteiger partial charge is 0.329 e. The number of benzene rings is 2. The van der Waals surface area contributed by atoms with Crippen molar-refractivity contribution < 1.29 is 0 Å². The third-order valence-corrected chi connectivity index (χ3v) is 5.63. The maximum atomic E-state index is 4.68. The molecule has 2 heterocycles. The van der Waals surface area contributed by atoms with E-state index >= 15 is 0 Å².